The Kier molecular flexibility index (Phi) is 5.01. The average Bonchev–Trinajstić information content (AvgIpc) is 3.18. The molecule has 8 nitrogen and oxygen atoms in total. The molecule has 0 spiro atoms. The summed E-state index contributed by atoms with van der Waals surface area (Å²) in [5, 5.41) is 7.12. The van der Waals surface area contributed by atoms with Crippen molar-refractivity contribution in [3.63, 3.8) is 0 Å². The van der Waals surface area contributed by atoms with E-state index >= 15 is 0 Å². The van der Waals surface area contributed by atoms with E-state index in [-0.39, 0.29) is 24.8 Å². The number of amides is 1. The quantitative estimate of drug-likeness (QED) is 0.697. The molecular weight excluding hydrogens is 360 g/mol. The van der Waals surface area contributed by atoms with Gasteiger partial charge in [-0.2, -0.15) is 5.10 Å². The molecule has 1 aromatic carbocycles. The molecule has 1 amide bonds. The third kappa shape index (κ3) is 4.01. The summed E-state index contributed by atoms with van der Waals surface area (Å²) in [6, 6.07) is 12.2. The molecule has 4 rings (SSSR count). The van der Waals surface area contributed by atoms with Crippen LogP contribution in [0.3, 0.4) is 0 Å². The topological polar surface area (TPSA) is 95.3 Å². The highest BCUT2D eigenvalue weighted by Gasteiger charge is 2.15. The van der Waals surface area contributed by atoms with Gasteiger partial charge in [-0.1, -0.05) is 0 Å². The number of nitrogens with one attached hydrogen (secondary N) is 1. The molecule has 0 saturated carbocycles. The van der Waals surface area contributed by atoms with Crippen LogP contribution in [0.4, 0.5) is 0 Å². The lowest BCUT2D eigenvalue weighted by Gasteiger charge is -2.09. The number of ether oxygens (including phenoxy) is 2. The van der Waals surface area contributed by atoms with Gasteiger partial charge in [-0.15, -0.1) is 0 Å². The number of carbonyl (C=O) groups excluding carboxylic acids is 1. The average molecular weight is 378 g/mol. The van der Waals surface area contributed by atoms with Crippen LogP contribution >= 0.6 is 0 Å². The lowest BCUT2D eigenvalue weighted by Crippen LogP contribution is -2.34. The van der Waals surface area contributed by atoms with E-state index in [1.807, 2.05) is 18.2 Å². The van der Waals surface area contributed by atoms with Gasteiger partial charge in [0.05, 0.1) is 5.69 Å². The summed E-state index contributed by atoms with van der Waals surface area (Å²) in [6.45, 7) is 0.512. The fourth-order valence-electron chi connectivity index (χ4n) is 2.86. The molecule has 0 unspecified atom stereocenters. The Hall–Kier alpha value is -3.68. The molecular formula is C20H18N4O4. The molecule has 0 fully saturated rings. The smallest absolute Gasteiger partial charge is 0.267 e. The number of hydrogen-bond donors (Lipinski definition) is 1. The minimum absolute atomic E-state index is 0.145. The van der Waals surface area contributed by atoms with Gasteiger partial charge in [0.15, 0.2) is 11.5 Å². The van der Waals surface area contributed by atoms with Gasteiger partial charge in [0.2, 0.25) is 12.7 Å². The van der Waals surface area contributed by atoms with Crippen LogP contribution in [0.15, 0.2) is 59.7 Å². The lowest BCUT2D eigenvalue weighted by atomic mass is 10.1. The van der Waals surface area contributed by atoms with E-state index in [2.05, 4.69) is 15.4 Å². The van der Waals surface area contributed by atoms with Crippen molar-refractivity contribution in [2.45, 2.75) is 13.0 Å². The Morgan fingerprint density at radius 2 is 1.89 bits per heavy atom. The van der Waals surface area contributed by atoms with Crippen LogP contribution in [0.1, 0.15) is 5.56 Å². The Labute approximate surface area is 160 Å². The second-order valence-electron chi connectivity index (χ2n) is 6.24. The van der Waals surface area contributed by atoms with Gasteiger partial charge in [0.1, 0.15) is 6.54 Å². The zero-order chi connectivity index (χ0) is 19.3. The molecule has 1 N–H and O–H groups in total. The van der Waals surface area contributed by atoms with E-state index in [1.54, 1.807) is 30.6 Å². The number of rotatable bonds is 6. The van der Waals surface area contributed by atoms with Crippen molar-refractivity contribution in [2.75, 3.05) is 13.3 Å². The summed E-state index contributed by atoms with van der Waals surface area (Å²) >= 11 is 0. The standard InChI is InChI=1S/C20H18N4O4/c25-19(22-10-7-14-5-8-21-9-6-14)12-24-20(26)4-2-16(23-24)15-1-3-17-18(11-15)28-13-27-17/h1-6,8-9,11H,7,10,12-13H2,(H,22,25). The van der Waals surface area contributed by atoms with E-state index in [9.17, 15) is 9.59 Å². The maximum absolute atomic E-state index is 12.2. The molecule has 8 heteroatoms. The third-order valence-electron chi connectivity index (χ3n) is 4.31. The van der Waals surface area contributed by atoms with E-state index in [4.69, 9.17) is 9.47 Å². The summed E-state index contributed by atoms with van der Waals surface area (Å²) in [6.07, 6.45) is 4.11. The second-order valence-corrected chi connectivity index (χ2v) is 6.24. The van der Waals surface area contributed by atoms with Crippen molar-refractivity contribution in [3.05, 3.63) is 70.8 Å². The third-order valence-corrected chi connectivity index (χ3v) is 4.31. The molecule has 3 aromatic rings. The Morgan fingerprint density at radius 1 is 1.07 bits per heavy atom. The molecule has 1 aliphatic heterocycles. The number of carbonyl (C=O) groups is 1. The zero-order valence-electron chi connectivity index (χ0n) is 15.0. The van der Waals surface area contributed by atoms with Crippen molar-refractivity contribution in [1.82, 2.24) is 20.1 Å². The summed E-state index contributed by atoms with van der Waals surface area (Å²) < 4.78 is 11.8. The molecule has 3 heterocycles. The molecule has 0 atom stereocenters. The molecule has 1 aliphatic rings. The fourth-order valence-corrected chi connectivity index (χ4v) is 2.86. The van der Waals surface area contributed by atoms with Gasteiger partial charge in [-0.05, 0) is 48.4 Å². The van der Waals surface area contributed by atoms with E-state index in [0.29, 0.717) is 30.2 Å². The number of hydrogen-bond acceptors (Lipinski definition) is 6. The summed E-state index contributed by atoms with van der Waals surface area (Å²) in [4.78, 5) is 28.2. The second kappa shape index (κ2) is 7.91. The van der Waals surface area contributed by atoms with Gasteiger partial charge in [-0.25, -0.2) is 4.68 Å². The van der Waals surface area contributed by atoms with Gasteiger partial charge in [0, 0.05) is 30.6 Å². The van der Waals surface area contributed by atoms with E-state index < -0.39 is 0 Å². The van der Waals surface area contributed by atoms with Gasteiger partial charge in [-0.3, -0.25) is 14.6 Å². The minimum Gasteiger partial charge on any atom is -0.454 e. The number of nitrogens with zero attached hydrogens (tertiary/aromatic N) is 3. The van der Waals surface area contributed by atoms with Crippen molar-refractivity contribution in [3.8, 4) is 22.8 Å². The first kappa shape index (κ1) is 17.7. The van der Waals surface area contributed by atoms with Crippen molar-refractivity contribution >= 4 is 5.91 Å². The van der Waals surface area contributed by atoms with Crippen LogP contribution in [0, 0.1) is 0 Å². The number of benzene rings is 1. The SMILES string of the molecule is O=C(Cn1nc(-c2ccc3c(c2)OCO3)ccc1=O)NCCc1ccncc1. The maximum Gasteiger partial charge on any atom is 0.267 e. The first-order chi connectivity index (χ1) is 13.7. The highest BCUT2D eigenvalue weighted by molar-refractivity contribution is 5.75. The van der Waals surface area contributed by atoms with Gasteiger partial charge < -0.3 is 14.8 Å². The molecule has 0 bridgehead atoms. The van der Waals surface area contributed by atoms with E-state index in [1.165, 1.54) is 6.07 Å². The van der Waals surface area contributed by atoms with Crippen LogP contribution < -0.4 is 20.3 Å². The van der Waals surface area contributed by atoms with Crippen molar-refractivity contribution < 1.29 is 14.3 Å². The molecule has 28 heavy (non-hydrogen) atoms. The van der Waals surface area contributed by atoms with Gasteiger partial charge in [0.25, 0.3) is 5.56 Å². The Balaban J connectivity index is 1.42. The predicted octanol–water partition coefficient (Wildman–Crippen LogP) is 1.39. The highest BCUT2D eigenvalue weighted by atomic mass is 16.7. The molecule has 0 aliphatic carbocycles. The van der Waals surface area contributed by atoms with E-state index in [0.717, 1.165) is 15.8 Å². The molecule has 0 radical (unpaired) electrons. The number of fused-ring (bicyclic) bond motifs is 1. The highest BCUT2D eigenvalue weighted by Crippen LogP contribution is 2.35. The maximum atomic E-state index is 12.2. The fraction of sp³-hybridized carbons (Fsp3) is 0.200. The van der Waals surface area contributed by atoms with Crippen LogP contribution in [-0.2, 0) is 17.8 Å². The summed E-state index contributed by atoms with van der Waals surface area (Å²) in [7, 11) is 0. The van der Waals surface area contributed by atoms with Crippen LogP contribution in [-0.4, -0.2) is 34.0 Å². The molecule has 2 aromatic heterocycles. The zero-order valence-corrected chi connectivity index (χ0v) is 15.0. The number of pyridine rings is 1. The molecule has 142 valence electrons. The summed E-state index contributed by atoms with van der Waals surface area (Å²) in [5.41, 5.74) is 2.09. The predicted molar refractivity (Wildman–Crippen MR) is 101 cm³/mol. The Bertz CT molecular complexity index is 1050. The van der Waals surface area contributed by atoms with Crippen LogP contribution in [0.2, 0.25) is 0 Å². The van der Waals surface area contributed by atoms with Crippen LogP contribution in [0.5, 0.6) is 11.5 Å². The number of aromatic nitrogens is 3. The normalized spacial score (nSPS) is 12.0. The van der Waals surface area contributed by atoms with Crippen molar-refractivity contribution in [1.29, 1.82) is 0 Å². The monoisotopic (exact) mass is 378 g/mol. The Morgan fingerprint density at radius 3 is 2.75 bits per heavy atom. The largest absolute Gasteiger partial charge is 0.454 e. The minimum atomic E-state index is -0.339. The molecule has 0 saturated heterocycles. The lowest BCUT2D eigenvalue weighted by molar-refractivity contribution is -0.121. The first-order valence-electron chi connectivity index (χ1n) is 8.83. The van der Waals surface area contributed by atoms with Crippen molar-refractivity contribution in [2.24, 2.45) is 0 Å². The summed E-state index contributed by atoms with van der Waals surface area (Å²) in [5.74, 6) is 1.03. The van der Waals surface area contributed by atoms with Crippen LogP contribution in [0.25, 0.3) is 11.3 Å². The van der Waals surface area contributed by atoms with Gasteiger partial charge >= 0.3 is 0 Å². The first-order valence-corrected chi connectivity index (χ1v) is 8.83.